The third-order valence-corrected chi connectivity index (χ3v) is 4.12. The number of halogens is 2. The monoisotopic (exact) mass is 385 g/mol. The molecule has 6 heteroatoms. The van der Waals surface area contributed by atoms with Gasteiger partial charge in [0.05, 0.1) is 12.8 Å². The van der Waals surface area contributed by atoms with E-state index in [1.54, 1.807) is 61.7 Å². The van der Waals surface area contributed by atoms with Crippen molar-refractivity contribution in [1.82, 2.24) is 0 Å². The second kappa shape index (κ2) is 8.56. The van der Waals surface area contributed by atoms with Crippen LogP contribution in [0.2, 0.25) is 5.02 Å². The minimum Gasteiger partial charge on any atom is -0.496 e. The van der Waals surface area contributed by atoms with Crippen molar-refractivity contribution in [3.8, 4) is 11.5 Å². The standard InChI is InChI=1S/C21H17ClFNO3/c1-26-20-11-6-14(21(25)24-19-5-3-2-4-18(19)23)12-15(20)13-27-17-9-7-16(22)8-10-17/h2-12H,13H2,1H3,(H,24,25). The van der Waals surface area contributed by atoms with Crippen LogP contribution in [0.1, 0.15) is 15.9 Å². The predicted molar refractivity (Wildman–Crippen MR) is 103 cm³/mol. The van der Waals surface area contributed by atoms with E-state index in [0.29, 0.717) is 27.6 Å². The van der Waals surface area contributed by atoms with Crippen LogP contribution in [-0.2, 0) is 6.61 Å². The van der Waals surface area contributed by atoms with Crippen LogP contribution >= 0.6 is 11.6 Å². The highest BCUT2D eigenvalue weighted by Crippen LogP contribution is 2.24. The van der Waals surface area contributed by atoms with Gasteiger partial charge in [-0.1, -0.05) is 23.7 Å². The molecule has 0 aliphatic carbocycles. The molecule has 0 bridgehead atoms. The summed E-state index contributed by atoms with van der Waals surface area (Å²) in [6.45, 7) is 0.200. The molecule has 0 unspecified atom stereocenters. The van der Waals surface area contributed by atoms with Gasteiger partial charge in [-0.05, 0) is 54.6 Å². The number of hydrogen-bond acceptors (Lipinski definition) is 3. The average Bonchev–Trinajstić information content (AvgIpc) is 2.69. The maximum Gasteiger partial charge on any atom is 0.255 e. The number of anilines is 1. The average molecular weight is 386 g/mol. The first-order chi connectivity index (χ1) is 13.1. The molecule has 3 aromatic carbocycles. The number of carbonyl (C=O) groups is 1. The number of para-hydroxylation sites is 1. The van der Waals surface area contributed by atoms with Gasteiger partial charge in [0.25, 0.3) is 5.91 Å². The molecule has 0 aromatic heterocycles. The van der Waals surface area contributed by atoms with Gasteiger partial charge in [0.15, 0.2) is 0 Å². The fraction of sp³-hybridized carbons (Fsp3) is 0.0952. The van der Waals surface area contributed by atoms with Crippen LogP contribution in [0.3, 0.4) is 0 Å². The molecule has 3 rings (SSSR count). The van der Waals surface area contributed by atoms with Crippen molar-refractivity contribution < 1.29 is 18.7 Å². The van der Waals surface area contributed by atoms with Gasteiger partial charge in [-0.3, -0.25) is 4.79 Å². The van der Waals surface area contributed by atoms with Crippen molar-refractivity contribution in [3.63, 3.8) is 0 Å². The van der Waals surface area contributed by atoms with Crippen molar-refractivity contribution >= 4 is 23.2 Å². The summed E-state index contributed by atoms with van der Waals surface area (Å²) in [4.78, 5) is 12.5. The molecule has 138 valence electrons. The zero-order valence-corrected chi connectivity index (χ0v) is 15.3. The van der Waals surface area contributed by atoms with Crippen LogP contribution in [0.15, 0.2) is 66.7 Å². The summed E-state index contributed by atoms with van der Waals surface area (Å²) in [6, 6.07) is 17.9. The maximum atomic E-state index is 13.7. The second-order valence-corrected chi connectivity index (χ2v) is 6.14. The number of hydrogen-bond donors (Lipinski definition) is 1. The molecule has 0 radical (unpaired) electrons. The molecule has 0 saturated heterocycles. The maximum absolute atomic E-state index is 13.7. The van der Waals surface area contributed by atoms with E-state index >= 15 is 0 Å². The Morgan fingerprint density at radius 1 is 1.07 bits per heavy atom. The summed E-state index contributed by atoms with van der Waals surface area (Å²) in [5.74, 6) is 0.315. The summed E-state index contributed by atoms with van der Waals surface area (Å²) in [7, 11) is 1.54. The fourth-order valence-corrected chi connectivity index (χ4v) is 2.61. The molecule has 0 spiro atoms. The van der Waals surface area contributed by atoms with E-state index in [2.05, 4.69) is 5.32 Å². The lowest BCUT2D eigenvalue weighted by Gasteiger charge is -2.13. The first-order valence-electron chi connectivity index (χ1n) is 8.18. The Bertz CT molecular complexity index is 944. The van der Waals surface area contributed by atoms with Crippen LogP contribution in [0.4, 0.5) is 10.1 Å². The normalized spacial score (nSPS) is 10.3. The molecule has 0 atom stereocenters. The minimum absolute atomic E-state index is 0.122. The summed E-state index contributed by atoms with van der Waals surface area (Å²) < 4.78 is 24.8. The van der Waals surface area contributed by atoms with Crippen LogP contribution in [0, 0.1) is 5.82 Å². The molecule has 3 aromatic rings. The quantitative estimate of drug-likeness (QED) is 0.624. The first-order valence-corrected chi connectivity index (χ1v) is 8.56. The number of ether oxygens (including phenoxy) is 2. The van der Waals surface area contributed by atoms with Crippen LogP contribution in [0.5, 0.6) is 11.5 Å². The lowest BCUT2D eigenvalue weighted by Crippen LogP contribution is -2.13. The van der Waals surface area contributed by atoms with E-state index in [0.717, 1.165) is 0 Å². The molecular formula is C21H17ClFNO3. The van der Waals surface area contributed by atoms with Crippen molar-refractivity contribution in [3.05, 3.63) is 88.7 Å². The highest BCUT2D eigenvalue weighted by molar-refractivity contribution is 6.30. The summed E-state index contributed by atoms with van der Waals surface area (Å²) in [5.41, 5.74) is 1.18. The van der Waals surface area contributed by atoms with Crippen molar-refractivity contribution in [2.45, 2.75) is 6.61 Å². The molecule has 1 N–H and O–H groups in total. The van der Waals surface area contributed by atoms with Gasteiger partial charge < -0.3 is 14.8 Å². The van der Waals surface area contributed by atoms with Crippen molar-refractivity contribution in [2.24, 2.45) is 0 Å². The number of nitrogens with one attached hydrogen (secondary N) is 1. The summed E-state index contributed by atoms with van der Waals surface area (Å²) in [6.07, 6.45) is 0. The van der Waals surface area contributed by atoms with Gasteiger partial charge in [-0.15, -0.1) is 0 Å². The van der Waals surface area contributed by atoms with Gasteiger partial charge >= 0.3 is 0 Å². The molecule has 0 aliphatic heterocycles. The van der Waals surface area contributed by atoms with E-state index in [1.165, 1.54) is 12.1 Å². The van der Waals surface area contributed by atoms with Gasteiger partial charge in [0.1, 0.15) is 23.9 Å². The summed E-state index contributed by atoms with van der Waals surface area (Å²) >= 11 is 5.86. The number of carbonyl (C=O) groups excluding carboxylic acids is 1. The Morgan fingerprint density at radius 3 is 2.52 bits per heavy atom. The van der Waals surface area contributed by atoms with E-state index in [1.807, 2.05) is 0 Å². The molecular weight excluding hydrogens is 369 g/mol. The fourth-order valence-electron chi connectivity index (χ4n) is 2.48. The lowest BCUT2D eigenvalue weighted by molar-refractivity contribution is 0.102. The zero-order valence-electron chi connectivity index (χ0n) is 14.5. The van der Waals surface area contributed by atoms with E-state index in [9.17, 15) is 9.18 Å². The van der Waals surface area contributed by atoms with Gasteiger partial charge in [0, 0.05) is 16.1 Å². The topological polar surface area (TPSA) is 47.6 Å². The molecule has 4 nitrogen and oxygen atoms in total. The Kier molecular flexibility index (Phi) is 5.94. The number of rotatable bonds is 6. The molecule has 1 amide bonds. The highest BCUT2D eigenvalue weighted by Gasteiger charge is 2.13. The van der Waals surface area contributed by atoms with Crippen molar-refractivity contribution in [2.75, 3.05) is 12.4 Å². The number of amides is 1. The SMILES string of the molecule is COc1ccc(C(=O)Nc2ccccc2F)cc1COc1ccc(Cl)cc1. The number of benzene rings is 3. The first kappa shape index (κ1) is 18.7. The van der Waals surface area contributed by atoms with Crippen LogP contribution < -0.4 is 14.8 Å². The Balaban J connectivity index is 1.77. The lowest BCUT2D eigenvalue weighted by atomic mass is 10.1. The van der Waals surface area contributed by atoms with Gasteiger partial charge in [0.2, 0.25) is 0 Å². The molecule has 0 aliphatic rings. The van der Waals surface area contributed by atoms with E-state index in [4.69, 9.17) is 21.1 Å². The molecule has 0 saturated carbocycles. The van der Waals surface area contributed by atoms with Gasteiger partial charge in [-0.2, -0.15) is 0 Å². The Labute approximate surface area is 161 Å². The third-order valence-electron chi connectivity index (χ3n) is 3.87. The second-order valence-electron chi connectivity index (χ2n) is 5.70. The zero-order chi connectivity index (χ0) is 19.2. The molecule has 0 heterocycles. The molecule has 0 fully saturated rings. The van der Waals surface area contributed by atoms with E-state index < -0.39 is 11.7 Å². The molecule has 27 heavy (non-hydrogen) atoms. The van der Waals surface area contributed by atoms with Gasteiger partial charge in [-0.25, -0.2) is 4.39 Å². The van der Waals surface area contributed by atoms with Crippen molar-refractivity contribution in [1.29, 1.82) is 0 Å². The Morgan fingerprint density at radius 2 is 1.81 bits per heavy atom. The largest absolute Gasteiger partial charge is 0.496 e. The van der Waals surface area contributed by atoms with Crippen LogP contribution in [-0.4, -0.2) is 13.0 Å². The van der Waals surface area contributed by atoms with Crippen LogP contribution in [0.25, 0.3) is 0 Å². The van der Waals surface area contributed by atoms with E-state index in [-0.39, 0.29) is 12.3 Å². The third kappa shape index (κ3) is 4.77. The highest BCUT2D eigenvalue weighted by atomic mass is 35.5. The summed E-state index contributed by atoms with van der Waals surface area (Å²) in [5, 5.41) is 3.18. The smallest absolute Gasteiger partial charge is 0.255 e. The number of methoxy groups -OCH3 is 1. The Hall–Kier alpha value is -3.05. The minimum atomic E-state index is -0.495. The predicted octanol–water partition coefficient (Wildman–Crippen LogP) is 5.32.